The summed E-state index contributed by atoms with van der Waals surface area (Å²) in [7, 11) is 0. The van der Waals surface area contributed by atoms with E-state index >= 15 is 0 Å². The minimum atomic E-state index is 0.542. The molecular weight excluding hydrogens is 310 g/mol. The number of benzene rings is 1. The topological polar surface area (TPSA) is 62.7 Å². The molecule has 0 aliphatic heterocycles. The maximum Gasteiger partial charge on any atom is 0.244 e. The Bertz CT molecular complexity index is 669. The molecule has 1 aliphatic carbocycles. The molecule has 0 bridgehead atoms. The van der Waals surface area contributed by atoms with E-state index in [1.807, 2.05) is 24.3 Å². The van der Waals surface area contributed by atoms with Gasteiger partial charge in [0.15, 0.2) is 5.82 Å². The third-order valence-corrected chi connectivity index (χ3v) is 4.04. The zero-order valence-electron chi connectivity index (χ0n) is 12.9. The highest BCUT2D eigenvalue weighted by Gasteiger charge is 2.05. The van der Waals surface area contributed by atoms with Crippen molar-refractivity contribution in [2.75, 3.05) is 17.2 Å². The van der Waals surface area contributed by atoms with Crippen LogP contribution in [0.4, 0.5) is 17.5 Å². The average molecular weight is 330 g/mol. The molecule has 120 valence electrons. The Morgan fingerprint density at radius 2 is 2.00 bits per heavy atom. The summed E-state index contributed by atoms with van der Waals surface area (Å²) in [6.07, 6.45) is 10.1. The van der Waals surface area contributed by atoms with Crippen molar-refractivity contribution in [2.45, 2.75) is 32.1 Å². The minimum absolute atomic E-state index is 0.542. The van der Waals surface area contributed by atoms with Gasteiger partial charge in [0.2, 0.25) is 5.95 Å². The molecule has 1 aromatic carbocycles. The van der Waals surface area contributed by atoms with Crippen molar-refractivity contribution in [1.29, 1.82) is 0 Å². The molecule has 6 heteroatoms. The second kappa shape index (κ2) is 7.92. The Morgan fingerprint density at radius 1 is 1.13 bits per heavy atom. The molecule has 0 fully saturated rings. The lowest BCUT2D eigenvalue weighted by Gasteiger charge is -2.13. The zero-order chi connectivity index (χ0) is 15.9. The van der Waals surface area contributed by atoms with Gasteiger partial charge < -0.3 is 10.6 Å². The van der Waals surface area contributed by atoms with Crippen molar-refractivity contribution in [2.24, 2.45) is 0 Å². The van der Waals surface area contributed by atoms with Gasteiger partial charge in [-0.25, -0.2) is 0 Å². The highest BCUT2D eigenvalue weighted by molar-refractivity contribution is 6.30. The number of allylic oxidation sites excluding steroid dienone is 1. The first-order valence-corrected chi connectivity index (χ1v) is 8.31. The van der Waals surface area contributed by atoms with Crippen LogP contribution in [0.15, 0.2) is 42.1 Å². The molecule has 1 heterocycles. The lowest BCUT2D eigenvalue weighted by Crippen LogP contribution is -2.09. The highest BCUT2D eigenvalue weighted by atomic mass is 35.5. The molecule has 0 saturated carbocycles. The summed E-state index contributed by atoms with van der Waals surface area (Å²) in [4.78, 5) is 4.42. The number of rotatable bonds is 6. The minimum Gasteiger partial charge on any atom is -0.353 e. The summed E-state index contributed by atoms with van der Waals surface area (Å²) in [5, 5.41) is 15.1. The fraction of sp³-hybridized carbons (Fsp3) is 0.353. The summed E-state index contributed by atoms with van der Waals surface area (Å²) in [5.41, 5.74) is 2.44. The van der Waals surface area contributed by atoms with Crippen molar-refractivity contribution in [3.05, 3.63) is 47.1 Å². The van der Waals surface area contributed by atoms with Gasteiger partial charge in [0.05, 0.1) is 6.20 Å². The van der Waals surface area contributed by atoms with E-state index in [1.165, 1.54) is 31.3 Å². The highest BCUT2D eigenvalue weighted by Crippen LogP contribution is 2.20. The zero-order valence-corrected chi connectivity index (χ0v) is 13.7. The van der Waals surface area contributed by atoms with Crippen LogP contribution < -0.4 is 10.6 Å². The number of nitrogens with one attached hydrogen (secondary N) is 2. The fourth-order valence-corrected chi connectivity index (χ4v) is 2.71. The molecule has 0 unspecified atom stereocenters. The largest absolute Gasteiger partial charge is 0.353 e. The second-order valence-electron chi connectivity index (χ2n) is 5.58. The summed E-state index contributed by atoms with van der Waals surface area (Å²) < 4.78 is 0. The molecule has 0 amide bonds. The van der Waals surface area contributed by atoms with Gasteiger partial charge in [0, 0.05) is 17.3 Å². The molecule has 0 saturated heterocycles. The maximum atomic E-state index is 5.88. The molecule has 0 atom stereocenters. The fourth-order valence-electron chi connectivity index (χ4n) is 2.59. The number of nitrogens with zero attached hydrogens (tertiary/aromatic N) is 3. The summed E-state index contributed by atoms with van der Waals surface area (Å²) in [5.74, 6) is 1.20. The van der Waals surface area contributed by atoms with Gasteiger partial charge in [-0.05, 0) is 56.4 Å². The van der Waals surface area contributed by atoms with E-state index in [2.05, 4.69) is 31.9 Å². The Morgan fingerprint density at radius 3 is 2.78 bits per heavy atom. The van der Waals surface area contributed by atoms with Crippen molar-refractivity contribution < 1.29 is 0 Å². The lowest BCUT2D eigenvalue weighted by molar-refractivity contribution is 0.679. The molecular formula is C17H20ClN5. The predicted octanol–water partition coefficient (Wildman–Crippen LogP) is 4.57. The molecule has 1 aliphatic rings. The smallest absolute Gasteiger partial charge is 0.244 e. The van der Waals surface area contributed by atoms with Crippen LogP contribution in [-0.2, 0) is 0 Å². The Hall–Kier alpha value is -2.14. The van der Waals surface area contributed by atoms with Gasteiger partial charge in [-0.3, -0.25) is 0 Å². The summed E-state index contributed by atoms with van der Waals surface area (Å²) in [6.45, 7) is 0.831. The summed E-state index contributed by atoms with van der Waals surface area (Å²) >= 11 is 5.88. The number of anilines is 3. The van der Waals surface area contributed by atoms with E-state index in [1.54, 1.807) is 6.20 Å². The number of halogens is 1. The Labute approximate surface area is 141 Å². The van der Waals surface area contributed by atoms with E-state index in [0.29, 0.717) is 16.8 Å². The van der Waals surface area contributed by atoms with Gasteiger partial charge in [-0.2, -0.15) is 10.1 Å². The number of aromatic nitrogens is 3. The van der Waals surface area contributed by atoms with Gasteiger partial charge in [-0.15, -0.1) is 5.10 Å². The van der Waals surface area contributed by atoms with E-state index in [9.17, 15) is 0 Å². The second-order valence-corrected chi connectivity index (χ2v) is 6.02. The van der Waals surface area contributed by atoms with Crippen LogP contribution in [0.2, 0.25) is 5.02 Å². The standard InChI is InChI=1S/C17H20ClN5/c18-14-6-8-15(9-7-14)21-16-12-20-23-17(22-16)19-11-10-13-4-2-1-3-5-13/h4,6-9,12H,1-3,5,10-11H2,(H2,19,21,22,23). The van der Waals surface area contributed by atoms with Crippen molar-refractivity contribution >= 4 is 29.1 Å². The molecule has 1 aromatic heterocycles. The first-order chi connectivity index (χ1) is 11.3. The first kappa shape index (κ1) is 15.7. The lowest BCUT2D eigenvalue weighted by atomic mass is 9.97. The first-order valence-electron chi connectivity index (χ1n) is 7.94. The van der Waals surface area contributed by atoms with Gasteiger partial charge >= 0.3 is 0 Å². The molecule has 5 nitrogen and oxygen atoms in total. The Kier molecular flexibility index (Phi) is 5.42. The molecule has 3 rings (SSSR count). The Balaban J connectivity index is 1.54. The normalized spacial score (nSPS) is 14.2. The third kappa shape index (κ3) is 4.93. The van der Waals surface area contributed by atoms with Crippen LogP contribution in [0.5, 0.6) is 0 Å². The SMILES string of the molecule is Clc1ccc(Nc2cnnc(NCCC3=CCCCC3)n2)cc1. The average Bonchev–Trinajstić information content (AvgIpc) is 2.58. The van der Waals surface area contributed by atoms with Crippen LogP contribution >= 0.6 is 11.6 Å². The van der Waals surface area contributed by atoms with Crippen molar-refractivity contribution in [3.8, 4) is 0 Å². The van der Waals surface area contributed by atoms with E-state index < -0.39 is 0 Å². The van der Waals surface area contributed by atoms with E-state index in [0.717, 1.165) is 18.7 Å². The quantitative estimate of drug-likeness (QED) is 0.760. The molecule has 2 aromatic rings. The van der Waals surface area contributed by atoms with Crippen LogP contribution in [0.25, 0.3) is 0 Å². The molecule has 0 spiro atoms. The molecule has 2 N–H and O–H groups in total. The third-order valence-electron chi connectivity index (χ3n) is 3.79. The molecule has 0 radical (unpaired) electrons. The van der Waals surface area contributed by atoms with E-state index in [4.69, 9.17) is 11.6 Å². The van der Waals surface area contributed by atoms with Crippen LogP contribution in [0.3, 0.4) is 0 Å². The van der Waals surface area contributed by atoms with Gasteiger partial charge in [-0.1, -0.05) is 23.3 Å². The van der Waals surface area contributed by atoms with Crippen LogP contribution in [0.1, 0.15) is 32.1 Å². The number of hydrogen-bond donors (Lipinski definition) is 2. The van der Waals surface area contributed by atoms with Crippen molar-refractivity contribution in [1.82, 2.24) is 15.2 Å². The maximum absolute atomic E-state index is 5.88. The van der Waals surface area contributed by atoms with E-state index in [-0.39, 0.29) is 0 Å². The summed E-state index contributed by atoms with van der Waals surface area (Å²) in [6, 6.07) is 7.45. The van der Waals surface area contributed by atoms with Crippen LogP contribution in [0, 0.1) is 0 Å². The monoisotopic (exact) mass is 329 g/mol. The molecule has 23 heavy (non-hydrogen) atoms. The van der Waals surface area contributed by atoms with Gasteiger partial charge in [0.25, 0.3) is 0 Å². The number of hydrogen-bond acceptors (Lipinski definition) is 5. The predicted molar refractivity (Wildman–Crippen MR) is 94.2 cm³/mol. The van der Waals surface area contributed by atoms with Gasteiger partial charge in [0.1, 0.15) is 0 Å². The van der Waals surface area contributed by atoms with Crippen molar-refractivity contribution in [3.63, 3.8) is 0 Å². The van der Waals surface area contributed by atoms with Crippen LogP contribution in [-0.4, -0.2) is 21.7 Å².